The number of aromatic nitrogens is 1. The van der Waals surface area contributed by atoms with E-state index in [-0.39, 0.29) is 0 Å². The molecule has 0 saturated heterocycles. The maximum absolute atomic E-state index is 11.4. The summed E-state index contributed by atoms with van der Waals surface area (Å²) in [6.45, 7) is 3.68. The van der Waals surface area contributed by atoms with Gasteiger partial charge in [0, 0.05) is 32.6 Å². The minimum atomic E-state index is -0.937. The third-order valence-electron chi connectivity index (χ3n) is 4.03. The fourth-order valence-electron chi connectivity index (χ4n) is 2.95. The third kappa shape index (κ3) is 2.81. The number of carboxylic acid groups (broad SMARTS) is 1. The number of carbonyl (C=O) groups is 1. The number of carboxylic acids is 1. The van der Waals surface area contributed by atoms with Gasteiger partial charge < -0.3 is 9.67 Å². The Balaban J connectivity index is 2.29. The fraction of sp³-hybridized carbons (Fsp3) is 0.105. The van der Waals surface area contributed by atoms with E-state index in [1.807, 2.05) is 41.8 Å². The number of aromatic carboxylic acids is 1. The molecule has 122 valence electrons. The normalized spacial score (nSPS) is 10.8. The highest BCUT2D eigenvalue weighted by Gasteiger charge is 2.18. The van der Waals surface area contributed by atoms with E-state index in [1.165, 1.54) is 0 Å². The van der Waals surface area contributed by atoms with Gasteiger partial charge in [-0.25, -0.2) is 4.79 Å². The quantitative estimate of drug-likeness (QED) is 0.645. The van der Waals surface area contributed by atoms with E-state index >= 15 is 0 Å². The number of halogens is 2. The van der Waals surface area contributed by atoms with Crippen LogP contribution in [0.25, 0.3) is 16.8 Å². The molecule has 5 heteroatoms. The first-order valence-electron chi connectivity index (χ1n) is 7.37. The summed E-state index contributed by atoms with van der Waals surface area (Å²) in [7, 11) is 0. The Bertz CT molecular complexity index is 945. The van der Waals surface area contributed by atoms with Crippen molar-refractivity contribution < 1.29 is 9.90 Å². The number of hydrogen-bond acceptors (Lipinski definition) is 1. The second-order valence-corrected chi connectivity index (χ2v) is 6.41. The molecule has 3 nitrogen and oxygen atoms in total. The van der Waals surface area contributed by atoms with E-state index in [1.54, 1.807) is 25.1 Å². The minimum absolute atomic E-state index is 0.291. The van der Waals surface area contributed by atoms with Crippen molar-refractivity contribution in [3.05, 3.63) is 75.5 Å². The van der Waals surface area contributed by atoms with Gasteiger partial charge in [-0.05, 0) is 44.2 Å². The molecule has 0 aliphatic rings. The van der Waals surface area contributed by atoms with Crippen molar-refractivity contribution in [3.63, 3.8) is 0 Å². The van der Waals surface area contributed by atoms with Gasteiger partial charge >= 0.3 is 5.97 Å². The number of benzene rings is 2. The summed E-state index contributed by atoms with van der Waals surface area (Å²) in [5, 5.41) is 10.5. The number of aryl methyl sites for hydroxylation is 1. The largest absolute Gasteiger partial charge is 0.478 e. The molecule has 0 aliphatic heterocycles. The Labute approximate surface area is 150 Å². The maximum atomic E-state index is 11.4. The SMILES string of the molecule is Cc1cc(C(=O)O)c(C)n1-c1ccccc1-c1cc(Cl)ccc1Cl. The van der Waals surface area contributed by atoms with Crippen LogP contribution in [0.2, 0.25) is 10.0 Å². The van der Waals surface area contributed by atoms with Crippen molar-refractivity contribution in [3.8, 4) is 16.8 Å². The van der Waals surface area contributed by atoms with Crippen LogP contribution in [0.1, 0.15) is 21.7 Å². The van der Waals surface area contributed by atoms with Gasteiger partial charge in [0.15, 0.2) is 0 Å². The predicted octanol–water partition coefficient (Wildman–Crippen LogP) is 5.77. The second kappa shape index (κ2) is 6.34. The Morgan fingerprint density at radius 2 is 1.71 bits per heavy atom. The molecule has 0 amide bonds. The van der Waals surface area contributed by atoms with E-state index in [0.29, 0.717) is 21.3 Å². The van der Waals surface area contributed by atoms with Crippen LogP contribution in [0.15, 0.2) is 48.5 Å². The van der Waals surface area contributed by atoms with E-state index in [9.17, 15) is 9.90 Å². The number of hydrogen-bond donors (Lipinski definition) is 1. The summed E-state index contributed by atoms with van der Waals surface area (Å²) in [6, 6.07) is 14.7. The average Bonchev–Trinajstić information content (AvgIpc) is 2.85. The smallest absolute Gasteiger partial charge is 0.337 e. The lowest BCUT2D eigenvalue weighted by molar-refractivity contribution is 0.0696. The van der Waals surface area contributed by atoms with Gasteiger partial charge in [0.2, 0.25) is 0 Å². The van der Waals surface area contributed by atoms with Crippen LogP contribution >= 0.6 is 23.2 Å². The van der Waals surface area contributed by atoms with Crippen molar-refractivity contribution in [2.24, 2.45) is 0 Å². The molecule has 0 fully saturated rings. The first-order chi connectivity index (χ1) is 11.4. The lowest BCUT2D eigenvalue weighted by Gasteiger charge is -2.16. The molecule has 1 heterocycles. The first-order valence-corrected chi connectivity index (χ1v) is 8.13. The standard InChI is InChI=1S/C19H15Cl2NO2/c1-11-9-15(19(23)24)12(2)22(11)18-6-4-3-5-14(18)16-10-13(20)7-8-17(16)21/h3-10H,1-2H3,(H,23,24). The number of nitrogens with zero attached hydrogens (tertiary/aromatic N) is 1. The maximum Gasteiger partial charge on any atom is 0.337 e. The molecule has 0 saturated carbocycles. The summed E-state index contributed by atoms with van der Waals surface area (Å²) >= 11 is 12.5. The van der Waals surface area contributed by atoms with Gasteiger partial charge in [0.05, 0.1) is 11.3 Å². The van der Waals surface area contributed by atoms with Gasteiger partial charge in [0.25, 0.3) is 0 Å². The number of rotatable bonds is 3. The van der Waals surface area contributed by atoms with E-state index in [0.717, 1.165) is 22.5 Å². The zero-order chi connectivity index (χ0) is 17.4. The molecule has 1 N–H and O–H groups in total. The highest BCUT2D eigenvalue weighted by Crippen LogP contribution is 2.36. The van der Waals surface area contributed by atoms with E-state index in [2.05, 4.69) is 0 Å². The van der Waals surface area contributed by atoms with Crippen LogP contribution in [-0.2, 0) is 0 Å². The lowest BCUT2D eigenvalue weighted by Crippen LogP contribution is -2.04. The molecule has 0 bridgehead atoms. The fourth-order valence-corrected chi connectivity index (χ4v) is 3.34. The number of para-hydroxylation sites is 1. The lowest BCUT2D eigenvalue weighted by atomic mass is 10.0. The van der Waals surface area contributed by atoms with Crippen LogP contribution in [0.3, 0.4) is 0 Å². The molecule has 2 aromatic carbocycles. The summed E-state index contributed by atoms with van der Waals surface area (Å²) in [5.41, 5.74) is 4.37. The molecule has 0 atom stereocenters. The highest BCUT2D eigenvalue weighted by atomic mass is 35.5. The van der Waals surface area contributed by atoms with Gasteiger partial charge in [-0.3, -0.25) is 0 Å². The van der Waals surface area contributed by atoms with Crippen LogP contribution in [-0.4, -0.2) is 15.6 Å². The Morgan fingerprint density at radius 1 is 1.00 bits per heavy atom. The first kappa shape index (κ1) is 16.6. The molecule has 0 spiro atoms. The minimum Gasteiger partial charge on any atom is -0.478 e. The molecular formula is C19H15Cl2NO2. The van der Waals surface area contributed by atoms with E-state index in [4.69, 9.17) is 23.2 Å². The molecule has 24 heavy (non-hydrogen) atoms. The third-order valence-corrected chi connectivity index (χ3v) is 4.59. The zero-order valence-corrected chi connectivity index (χ0v) is 14.7. The topological polar surface area (TPSA) is 42.2 Å². The Kier molecular flexibility index (Phi) is 4.39. The zero-order valence-electron chi connectivity index (χ0n) is 13.2. The van der Waals surface area contributed by atoms with Crippen molar-refractivity contribution in [2.75, 3.05) is 0 Å². The summed E-state index contributed by atoms with van der Waals surface area (Å²) in [6.07, 6.45) is 0. The van der Waals surface area contributed by atoms with Gasteiger partial charge in [0.1, 0.15) is 0 Å². The molecule has 3 rings (SSSR count). The molecular weight excluding hydrogens is 345 g/mol. The van der Waals surface area contributed by atoms with Crippen LogP contribution in [0.5, 0.6) is 0 Å². The van der Waals surface area contributed by atoms with Crippen molar-refractivity contribution in [2.45, 2.75) is 13.8 Å². The van der Waals surface area contributed by atoms with Crippen LogP contribution in [0, 0.1) is 13.8 Å². The molecule has 0 unspecified atom stereocenters. The van der Waals surface area contributed by atoms with E-state index < -0.39 is 5.97 Å². The molecule has 3 aromatic rings. The van der Waals surface area contributed by atoms with Gasteiger partial charge in [-0.2, -0.15) is 0 Å². The Hall–Kier alpha value is -2.23. The Morgan fingerprint density at radius 3 is 2.38 bits per heavy atom. The predicted molar refractivity (Wildman–Crippen MR) is 97.7 cm³/mol. The van der Waals surface area contributed by atoms with Gasteiger partial charge in [-0.1, -0.05) is 41.4 Å². The van der Waals surface area contributed by atoms with Crippen LogP contribution < -0.4 is 0 Å². The second-order valence-electron chi connectivity index (χ2n) is 5.57. The van der Waals surface area contributed by atoms with Crippen molar-refractivity contribution >= 4 is 29.2 Å². The summed E-state index contributed by atoms with van der Waals surface area (Å²) in [4.78, 5) is 11.4. The average molecular weight is 360 g/mol. The monoisotopic (exact) mass is 359 g/mol. The molecule has 0 radical (unpaired) electrons. The van der Waals surface area contributed by atoms with Crippen molar-refractivity contribution in [1.82, 2.24) is 4.57 Å². The summed E-state index contributed by atoms with van der Waals surface area (Å²) in [5.74, 6) is -0.937. The molecule has 1 aromatic heterocycles. The van der Waals surface area contributed by atoms with Gasteiger partial charge in [-0.15, -0.1) is 0 Å². The summed E-state index contributed by atoms with van der Waals surface area (Å²) < 4.78 is 1.93. The molecule has 0 aliphatic carbocycles. The highest BCUT2D eigenvalue weighted by molar-refractivity contribution is 6.35. The van der Waals surface area contributed by atoms with Crippen LogP contribution in [0.4, 0.5) is 0 Å². The van der Waals surface area contributed by atoms with Crippen molar-refractivity contribution in [1.29, 1.82) is 0 Å².